The van der Waals surface area contributed by atoms with Gasteiger partial charge in [-0.25, -0.2) is 17.6 Å². The van der Waals surface area contributed by atoms with Crippen molar-refractivity contribution in [2.24, 2.45) is 17.8 Å². The van der Waals surface area contributed by atoms with E-state index in [1.54, 1.807) is 18.2 Å². The Hall–Kier alpha value is -3.95. The zero-order chi connectivity index (χ0) is 34.8. The smallest absolute Gasteiger partial charge is 0.407 e. The molecule has 2 heterocycles. The number of ether oxygens (including phenoxy) is 1. The summed E-state index contributed by atoms with van der Waals surface area (Å²) in [5.41, 5.74) is 0.768. The summed E-state index contributed by atoms with van der Waals surface area (Å²) in [6.07, 6.45) is 5.53. The lowest BCUT2D eigenvalue weighted by atomic mass is 9.59. The molecule has 262 valence electrons. The molecule has 49 heavy (non-hydrogen) atoms. The predicted molar refractivity (Wildman–Crippen MR) is 184 cm³/mol. The Bertz CT molecular complexity index is 1680. The van der Waals surface area contributed by atoms with Gasteiger partial charge in [0.25, 0.3) is 0 Å². The second-order valence-electron chi connectivity index (χ2n) is 14.2. The van der Waals surface area contributed by atoms with E-state index in [0.29, 0.717) is 29.2 Å². The highest BCUT2D eigenvalue weighted by atomic mass is 32.2. The summed E-state index contributed by atoms with van der Waals surface area (Å²) in [6, 6.07) is 15.9. The minimum absolute atomic E-state index is 0.0185. The van der Waals surface area contributed by atoms with Gasteiger partial charge in [0.15, 0.2) is 9.84 Å². The third-order valence-corrected chi connectivity index (χ3v) is 13.6. The summed E-state index contributed by atoms with van der Waals surface area (Å²) in [5.74, 6) is -0.297. The molecule has 2 amide bonds. The number of nitriles is 1. The minimum atomic E-state index is -3.46. The molecular weight excluding hydrogens is 646 g/mol. The van der Waals surface area contributed by atoms with Crippen molar-refractivity contribution < 1.29 is 27.1 Å². The molecule has 10 nitrogen and oxygen atoms in total. The van der Waals surface area contributed by atoms with Crippen molar-refractivity contribution in [3.8, 4) is 6.07 Å². The molecule has 2 N–H and O–H groups in total. The van der Waals surface area contributed by atoms with Crippen LogP contribution in [-0.2, 0) is 24.8 Å². The molecule has 0 aromatic heterocycles. The van der Waals surface area contributed by atoms with Crippen LogP contribution >= 0.6 is 0 Å². The first-order valence-electron chi connectivity index (χ1n) is 17.3. The zero-order valence-electron chi connectivity index (χ0n) is 28.0. The highest BCUT2D eigenvalue weighted by Crippen LogP contribution is 2.50. The van der Waals surface area contributed by atoms with Gasteiger partial charge in [-0.2, -0.15) is 5.26 Å². The first-order chi connectivity index (χ1) is 23.6. The molecule has 2 aliphatic heterocycles. The van der Waals surface area contributed by atoms with Gasteiger partial charge in [0.05, 0.1) is 28.7 Å². The number of anilines is 1. The minimum Gasteiger partial charge on any atom is -0.453 e. The van der Waals surface area contributed by atoms with Crippen LogP contribution in [0, 0.1) is 34.9 Å². The lowest BCUT2D eigenvalue weighted by molar-refractivity contribution is -0.117. The molecule has 0 spiro atoms. The number of rotatable bonds is 11. The molecule has 2 aromatic rings. The van der Waals surface area contributed by atoms with Crippen LogP contribution in [0.5, 0.6) is 0 Å². The van der Waals surface area contributed by atoms with Gasteiger partial charge < -0.3 is 25.2 Å². The SMILES string of the molecule is C=CC(=O)NC1CC(S(=O)(=O)c2ccc(N3CC(CN4CCC([C@@](C#N)(c5cccc(F)c5)[C@H]5CCC[C@@H]5NC(=O)OC)CC4)C3)cc2)C1. The standard InChI is InChI=1S/C37H46FN5O5S/c1-3-35(44)40-29-19-32(20-29)49(46,47)31-12-10-30(11-13-31)43-22-25(23-43)21-42-16-14-26(15-17-42)37(24-39,27-6-4-7-28(38)18-27)33-8-5-9-34(33)41-36(45)48-2/h3-4,6-7,10-13,18,25-26,29,32-34H,1,5,8-9,14-17,19-23H2,2H3,(H,40,44)(H,41,45)/t29?,32?,33-,34-,37-/m0/s1. The Labute approximate surface area is 288 Å². The predicted octanol–water partition coefficient (Wildman–Crippen LogP) is 4.57. The van der Waals surface area contributed by atoms with E-state index in [0.717, 1.165) is 70.5 Å². The Morgan fingerprint density at radius 3 is 2.43 bits per heavy atom. The van der Waals surface area contributed by atoms with Gasteiger partial charge in [0, 0.05) is 49.2 Å². The highest BCUT2D eigenvalue weighted by Gasteiger charge is 2.53. The Morgan fingerprint density at radius 2 is 1.80 bits per heavy atom. The number of nitrogens with zero attached hydrogens (tertiary/aromatic N) is 3. The average molecular weight is 692 g/mol. The second kappa shape index (κ2) is 14.5. The van der Waals surface area contributed by atoms with Crippen LogP contribution in [0.4, 0.5) is 14.9 Å². The fourth-order valence-corrected chi connectivity index (χ4v) is 10.6. The van der Waals surface area contributed by atoms with Crippen molar-refractivity contribution in [1.82, 2.24) is 15.5 Å². The normalized spacial score (nSPS) is 26.0. The first-order valence-corrected chi connectivity index (χ1v) is 18.9. The molecule has 12 heteroatoms. The van der Waals surface area contributed by atoms with Gasteiger partial charge >= 0.3 is 6.09 Å². The van der Waals surface area contributed by atoms with Crippen molar-refractivity contribution in [3.63, 3.8) is 0 Å². The number of amides is 2. The van der Waals surface area contributed by atoms with Gasteiger partial charge in [-0.3, -0.25) is 4.79 Å². The Morgan fingerprint density at radius 1 is 1.08 bits per heavy atom. The maximum absolute atomic E-state index is 14.6. The number of piperidine rings is 1. The first kappa shape index (κ1) is 34.9. The van der Waals surface area contributed by atoms with Crippen LogP contribution in [0.3, 0.4) is 0 Å². The van der Waals surface area contributed by atoms with Crippen LogP contribution in [0.2, 0.25) is 0 Å². The number of carbonyl (C=O) groups excluding carboxylic acids is 2. The van der Waals surface area contributed by atoms with Crippen molar-refractivity contribution in [2.75, 3.05) is 44.7 Å². The van der Waals surface area contributed by atoms with Gasteiger partial charge in [-0.05, 0) is 106 Å². The van der Waals surface area contributed by atoms with Crippen LogP contribution in [-0.4, -0.2) is 82.5 Å². The zero-order valence-corrected chi connectivity index (χ0v) is 28.8. The molecule has 0 radical (unpaired) electrons. The second-order valence-corrected chi connectivity index (χ2v) is 16.4. The van der Waals surface area contributed by atoms with Gasteiger partial charge in [0.1, 0.15) is 5.82 Å². The lowest BCUT2D eigenvalue weighted by Gasteiger charge is -2.48. The van der Waals surface area contributed by atoms with E-state index < -0.39 is 26.6 Å². The number of alkyl carbamates (subject to hydrolysis) is 1. The fourth-order valence-electron chi connectivity index (χ4n) is 8.69. The number of methoxy groups -OCH3 is 1. The van der Waals surface area contributed by atoms with Crippen molar-refractivity contribution in [2.45, 2.75) is 72.6 Å². The number of carbonyl (C=O) groups is 2. The molecule has 0 unspecified atom stereocenters. The third kappa shape index (κ3) is 7.06. The Kier molecular flexibility index (Phi) is 10.3. The van der Waals surface area contributed by atoms with Crippen molar-refractivity contribution in [3.05, 3.63) is 72.6 Å². The Balaban J connectivity index is 1.03. The molecule has 2 aliphatic carbocycles. The summed E-state index contributed by atoms with van der Waals surface area (Å²) in [6.45, 7) is 7.82. The number of likely N-dealkylation sites (tertiary alicyclic amines) is 1. The van der Waals surface area contributed by atoms with E-state index in [-0.39, 0.29) is 35.6 Å². The van der Waals surface area contributed by atoms with E-state index in [1.807, 2.05) is 18.2 Å². The number of nitrogens with one attached hydrogen (secondary N) is 2. The molecule has 4 aliphatic rings. The maximum atomic E-state index is 14.6. The van der Waals surface area contributed by atoms with Gasteiger partial charge in [-0.15, -0.1) is 0 Å². The monoisotopic (exact) mass is 691 g/mol. The number of sulfone groups is 1. The average Bonchev–Trinajstić information content (AvgIpc) is 3.53. The van der Waals surface area contributed by atoms with E-state index in [2.05, 4.69) is 33.1 Å². The molecule has 2 aromatic carbocycles. The van der Waals surface area contributed by atoms with Crippen LogP contribution in [0.15, 0.2) is 66.1 Å². The number of hydrogen-bond acceptors (Lipinski definition) is 8. The fraction of sp³-hybridized carbons (Fsp3) is 0.541. The molecule has 4 fully saturated rings. The molecule has 3 atom stereocenters. The summed E-state index contributed by atoms with van der Waals surface area (Å²) in [5, 5.41) is 16.1. The molecular formula is C37H46FN5O5S. The van der Waals surface area contributed by atoms with E-state index in [4.69, 9.17) is 4.74 Å². The number of halogens is 1. The quantitative estimate of drug-likeness (QED) is 0.328. The topological polar surface area (TPSA) is 132 Å². The maximum Gasteiger partial charge on any atom is 0.407 e. The summed E-state index contributed by atoms with van der Waals surface area (Å²) in [7, 11) is -2.12. The van der Waals surface area contributed by atoms with Gasteiger partial charge in [-0.1, -0.05) is 25.1 Å². The van der Waals surface area contributed by atoms with Crippen molar-refractivity contribution >= 4 is 27.5 Å². The molecule has 0 bridgehead atoms. The van der Waals surface area contributed by atoms with E-state index in [1.165, 1.54) is 25.3 Å². The summed E-state index contributed by atoms with van der Waals surface area (Å²) < 4.78 is 45.7. The van der Waals surface area contributed by atoms with E-state index >= 15 is 0 Å². The molecule has 6 rings (SSSR count). The molecule has 2 saturated heterocycles. The molecule has 2 saturated carbocycles. The lowest BCUT2D eigenvalue weighted by Crippen LogP contribution is -2.55. The van der Waals surface area contributed by atoms with Gasteiger partial charge in [0.2, 0.25) is 5.91 Å². The largest absolute Gasteiger partial charge is 0.453 e. The van der Waals surface area contributed by atoms with Crippen LogP contribution in [0.25, 0.3) is 0 Å². The summed E-state index contributed by atoms with van der Waals surface area (Å²) in [4.78, 5) is 28.7. The van der Waals surface area contributed by atoms with E-state index in [9.17, 15) is 27.7 Å². The third-order valence-electron chi connectivity index (χ3n) is 11.4. The summed E-state index contributed by atoms with van der Waals surface area (Å²) >= 11 is 0. The van der Waals surface area contributed by atoms with Crippen LogP contribution in [0.1, 0.15) is 50.5 Å². The number of benzene rings is 2. The highest BCUT2D eigenvalue weighted by molar-refractivity contribution is 7.92. The number of hydrogen-bond donors (Lipinski definition) is 2. The van der Waals surface area contributed by atoms with Crippen LogP contribution < -0.4 is 15.5 Å². The van der Waals surface area contributed by atoms with Crippen molar-refractivity contribution in [1.29, 1.82) is 5.26 Å².